The molecule has 0 spiro atoms. The van der Waals surface area contributed by atoms with Crippen LogP contribution in [-0.2, 0) is 4.74 Å². The molecule has 1 fully saturated rings. The number of rotatable bonds is 5. The maximum absolute atomic E-state index is 8.92. The van der Waals surface area contributed by atoms with Crippen molar-refractivity contribution in [1.29, 1.82) is 0 Å². The molecule has 2 atom stereocenters. The van der Waals surface area contributed by atoms with Gasteiger partial charge in [0.05, 0.1) is 12.7 Å². The van der Waals surface area contributed by atoms with Gasteiger partial charge in [0.1, 0.15) is 0 Å². The van der Waals surface area contributed by atoms with Crippen molar-refractivity contribution in [3.63, 3.8) is 0 Å². The summed E-state index contributed by atoms with van der Waals surface area (Å²) >= 11 is 1.77. The molecule has 4 heteroatoms. The van der Waals surface area contributed by atoms with Crippen LogP contribution in [0.2, 0.25) is 0 Å². The van der Waals surface area contributed by atoms with Gasteiger partial charge in [-0.2, -0.15) is 11.8 Å². The van der Waals surface area contributed by atoms with Crippen LogP contribution >= 0.6 is 11.8 Å². The van der Waals surface area contributed by atoms with Gasteiger partial charge in [-0.05, 0) is 19.8 Å². The zero-order chi connectivity index (χ0) is 9.73. The second-order valence-electron chi connectivity index (χ2n) is 3.96. The van der Waals surface area contributed by atoms with Crippen molar-refractivity contribution in [2.75, 3.05) is 24.7 Å². The van der Waals surface area contributed by atoms with Gasteiger partial charge in [0.15, 0.2) is 0 Å². The summed E-state index contributed by atoms with van der Waals surface area (Å²) in [5.74, 6) is 1.80. The summed E-state index contributed by atoms with van der Waals surface area (Å²) in [5.41, 5.74) is 5.35. The topological polar surface area (TPSA) is 55.5 Å². The van der Waals surface area contributed by atoms with Crippen LogP contribution in [0.4, 0.5) is 0 Å². The Balaban J connectivity index is 2.06. The van der Waals surface area contributed by atoms with Gasteiger partial charge in [-0.1, -0.05) is 0 Å². The summed E-state index contributed by atoms with van der Waals surface area (Å²) in [6.45, 7) is 2.83. The van der Waals surface area contributed by atoms with Crippen LogP contribution in [0.1, 0.15) is 19.8 Å². The highest BCUT2D eigenvalue weighted by Crippen LogP contribution is 2.19. The van der Waals surface area contributed by atoms with Crippen molar-refractivity contribution >= 4 is 11.8 Å². The maximum Gasteiger partial charge on any atom is 0.0666 e. The molecule has 0 aromatic carbocycles. The van der Waals surface area contributed by atoms with E-state index in [0.29, 0.717) is 6.10 Å². The van der Waals surface area contributed by atoms with Gasteiger partial charge in [-0.15, -0.1) is 0 Å². The van der Waals surface area contributed by atoms with Crippen molar-refractivity contribution in [3.8, 4) is 0 Å². The van der Waals surface area contributed by atoms with E-state index in [4.69, 9.17) is 15.6 Å². The van der Waals surface area contributed by atoms with E-state index in [0.717, 1.165) is 18.1 Å². The monoisotopic (exact) mass is 205 g/mol. The third-order valence-corrected chi connectivity index (χ3v) is 3.59. The Morgan fingerprint density at radius 2 is 2.46 bits per heavy atom. The lowest BCUT2D eigenvalue weighted by Crippen LogP contribution is -2.43. The van der Waals surface area contributed by atoms with Crippen LogP contribution in [-0.4, -0.2) is 41.5 Å². The average Bonchev–Trinajstić information content (AvgIpc) is 2.57. The Morgan fingerprint density at radius 1 is 1.69 bits per heavy atom. The van der Waals surface area contributed by atoms with Gasteiger partial charge in [0.2, 0.25) is 0 Å². The van der Waals surface area contributed by atoms with Crippen molar-refractivity contribution < 1.29 is 9.84 Å². The zero-order valence-corrected chi connectivity index (χ0v) is 8.98. The smallest absolute Gasteiger partial charge is 0.0666 e. The Labute approximate surface area is 84.0 Å². The molecule has 0 amide bonds. The van der Waals surface area contributed by atoms with Crippen LogP contribution in [0, 0.1) is 0 Å². The van der Waals surface area contributed by atoms with E-state index in [1.165, 1.54) is 12.8 Å². The number of nitrogens with two attached hydrogens (primary N) is 1. The molecule has 0 aromatic heterocycles. The van der Waals surface area contributed by atoms with Crippen molar-refractivity contribution in [2.24, 2.45) is 5.73 Å². The standard InChI is InChI=1S/C9H19NO2S/c1-9(10,6-11)7-13-5-8-3-2-4-12-8/h8,11H,2-7,10H2,1H3. The molecule has 1 rings (SSSR count). The molecule has 2 unspecified atom stereocenters. The van der Waals surface area contributed by atoms with Crippen molar-refractivity contribution in [1.82, 2.24) is 0 Å². The number of aliphatic hydroxyl groups is 1. The van der Waals surface area contributed by atoms with Gasteiger partial charge >= 0.3 is 0 Å². The summed E-state index contributed by atoms with van der Waals surface area (Å²) in [7, 11) is 0. The molecule has 1 saturated heterocycles. The first kappa shape index (κ1) is 11.3. The summed E-state index contributed by atoms with van der Waals surface area (Å²) in [5, 5.41) is 8.92. The van der Waals surface area contributed by atoms with Crippen LogP contribution in [0.25, 0.3) is 0 Å². The lowest BCUT2D eigenvalue weighted by atomic mass is 10.1. The molecule has 78 valence electrons. The number of hydrogen-bond acceptors (Lipinski definition) is 4. The molecule has 1 aliphatic heterocycles. The normalized spacial score (nSPS) is 27.5. The Bertz CT molecular complexity index is 147. The number of thioether (sulfide) groups is 1. The van der Waals surface area contributed by atoms with Crippen LogP contribution < -0.4 is 5.73 Å². The SMILES string of the molecule is CC(N)(CO)CSCC1CCCO1. The summed E-state index contributed by atoms with van der Waals surface area (Å²) < 4.78 is 5.48. The van der Waals surface area contributed by atoms with Crippen molar-refractivity contribution in [3.05, 3.63) is 0 Å². The second-order valence-corrected chi connectivity index (χ2v) is 4.99. The van der Waals surface area contributed by atoms with Gasteiger partial charge in [0.25, 0.3) is 0 Å². The lowest BCUT2D eigenvalue weighted by Gasteiger charge is -2.21. The average molecular weight is 205 g/mol. The minimum atomic E-state index is -0.441. The van der Waals surface area contributed by atoms with E-state index in [1.54, 1.807) is 11.8 Å². The largest absolute Gasteiger partial charge is 0.394 e. The van der Waals surface area contributed by atoms with Crippen LogP contribution in [0.3, 0.4) is 0 Å². The zero-order valence-electron chi connectivity index (χ0n) is 8.16. The molecule has 3 nitrogen and oxygen atoms in total. The highest BCUT2D eigenvalue weighted by atomic mass is 32.2. The minimum Gasteiger partial charge on any atom is -0.394 e. The molecule has 0 saturated carbocycles. The third-order valence-electron chi connectivity index (χ3n) is 2.12. The van der Waals surface area contributed by atoms with E-state index in [2.05, 4.69) is 0 Å². The molecular formula is C9H19NO2S. The highest BCUT2D eigenvalue weighted by Gasteiger charge is 2.20. The molecule has 1 aliphatic rings. The lowest BCUT2D eigenvalue weighted by molar-refractivity contribution is 0.128. The first-order chi connectivity index (χ1) is 6.14. The predicted octanol–water partition coefficient (Wildman–Crippen LogP) is 0.608. The molecule has 3 N–H and O–H groups in total. The summed E-state index contributed by atoms with van der Waals surface area (Å²) in [6.07, 6.45) is 2.78. The fraction of sp³-hybridized carbons (Fsp3) is 1.00. The molecule has 0 bridgehead atoms. The second kappa shape index (κ2) is 5.20. The fourth-order valence-electron chi connectivity index (χ4n) is 1.24. The molecule has 1 heterocycles. The first-order valence-corrected chi connectivity index (χ1v) is 5.88. The maximum atomic E-state index is 8.92. The quantitative estimate of drug-likeness (QED) is 0.690. The number of ether oxygens (including phenoxy) is 1. The van der Waals surface area contributed by atoms with Crippen LogP contribution in [0.5, 0.6) is 0 Å². The van der Waals surface area contributed by atoms with E-state index in [9.17, 15) is 0 Å². The van der Waals surface area contributed by atoms with Crippen LogP contribution in [0.15, 0.2) is 0 Å². The van der Waals surface area contributed by atoms with E-state index in [1.807, 2.05) is 6.92 Å². The molecule has 0 radical (unpaired) electrons. The Hall–Kier alpha value is 0.230. The van der Waals surface area contributed by atoms with E-state index in [-0.39, 0.29) is 6.61 Å². The van der Waals surface area contributed by atoms with Gasteiger partial charge < -0.3 is 15.6 Å². The first-order valence-electron chi connectivity index (χ1n) is 4.73. The fourth-order valence-corrected chi connectivity index (χ4v) is 2.45. The van der Waals surface area contributed by atoms with Crippen molar-refractivity contribution in [2.45, 2.75) is 31.4 Å². The Kier molecular flexibility index (Phi) is 4.52. The van der Waals surface area contributed by atoms with Gasteiger partial charge in [-0.25, -0.2) is 0 Å². The minimum absolute atomic E-state index is 0.0471. The molecule has 13 heavy (non-hydrogen) atoms. The predicted molar refractivity (Wildman–Crippen MR) is 56.0 cm³/mol. The molecule has 0 aliphatic carbocycles. The van der Waals surface area contributed by atoms with E-state index >= 15 is 0 Å². The number of aliphatic hydroxyl groups excluding tert-OH is 1. The molecule has 0 aromatic rings. The third kappa shape index (κ3) is 4.31. The molecular weight excluding hydrogens is 186 g/mol. The Morgan fingerprint density at radius 3 is 3.00 bits per heavy atom. The number of hydrogen-bond donors (Lipinski definition) is 2. The van der Waals surface area contributed by atoms with Gasteiger partial charge in [-0.3, -0.25) is 0 Å². The summed E-state index contributed by atoms with van der Waals surface area (Å²) in [4.78, 5) is 0. The van der Waals surface area contributed by atoms with E-state index < -0.39 is 5.54 Å². The van der Waals surface area contributed by atoms with Gasteiger partial charge in [0, 0.05) is 23.7 Å². The summed E-state index contributed by atoms with van der Waals surface area (Å²) in [6, 6.07) is 0. The highest BCUT2D eigenvalue weighted by molar-refractivity contribution is 7.99.